The van der Waals surface area contributed by atoms with Gasteiger partial charge in [-0.3, -0.25) is 24.1 Å². The summed E-state index contributed by atoms with van der Waals surface area (Å²) in [6, 6.07) is 0.933. The predicted molar refractivity (Wildman–Crippen MR) is 264 cm³/mol. The average molecular weight is 1190 g/mol. The molecule has 4 fully saturated rings. The normalized spacial score (nSPS) is 25.3. The van der Waals surface area contributed by atoms with Crippen LogP contribution in [-0.4, -0.2) is 276 Å². The molecule has 6 rings (SSSR count). The van der Waals surface area contributed by atoms with E-state index in [1.165, 1.54) is 12.2 Å². The minimum atomic E-state index is -5.15. The van der Waals surface area contributed by atoms with Crippen molar-refractivity contribution in [3.8, 4) is 11.5 Å². The number of ether oxygens (including phenoxy) is 10. The molecule has 1 aromatic carbocycles. The van der Waals surface area contributed by atoms with Crippen molar-refractivity contribution >= 4 is 35.7 Å². The molecule has 5 aliphatic heterocycles. The Morgan fingerprint density at radius 3 is 1.30 bits per heavy atom. The molecule has 10 atom stereocenters. The summed E-state index contributed by atoms with van der Waals surface area (Å²) in [4.78, 5) is 74.4. The maximum atomic E-state index is 13.0. The van der Waals surface area contributed by atoms with Crippen molar-refractivity contribution in [3.05, 3.63) is 35.9 Å². The number of carbonyl (C=O) groups excluding carboxylic acids is 6. The largest absolute Gasteiger partial charge is 0.487 e. The molecule has 8 amide bonds. The molecule has 0 bridgehead atoms. The molecule has 27 nitrogen and oxygen atoms in total. The lowest BCUT2D eigenvalue weighted by Crippen LogP contribution is -2.63. The van der Waals surface area contributed by atoms with Crippen LogP contribution >= 0.6 is 0 Å². The lowest BCUT2D eigenvalue weighted by atomic mass is 9.93. The van der Waals surface area contributed by atoms with Crippen molar-refractivity contribution in [1.82, 2.24) is 36.0 Å². The van der Waals surface area contributed by atoms with E-state index in [9.17, 15) is 75.5 Å². The van der Waals surface area contributed by atoms with Crippen LogP contribution < -0.4 is 30.7 Å². The number of fused-ring (bicyclic) bond motifs is 2. The Kier molecular flexibility index (Phi) is 25.4. The van der Waals surface area contributed by atoms with Gasteiger partial charge in [0.05, 0.1) is 110 Å². The SMILES string of the molecule is O=C(NCCOCCOCCOCCOc1ccc(CN2C(=O)C=CC2=O)cc1OCCOCCOCCOCCNC(=O)NC[C@H]1OC2CCN(C(=O)C(F)(F)F)C2[C@@H](O)[C@H]1O)NC[C@H]1O[C@@H]2CCN(C(=O)C(F)(F)F)[C@@H]2[C@@H](O)[C@H]1O. The third kappa shape index (κ3) is 19.2. The highest BCUT2D eigenvalue weighted by Crippen LogP contribution is 2.37. The summed E-state index contributed by atoms with van der Waals surface area (Å²) in [7, 11) is 0. The maximum Gasteiger partial charge on any atom is 0.471 e. The number of nitrogens with zero attached hydrogens (tertiary/aromatic N) is 3. The molecule has 5 aliphatic rings. The van der Waals surface area contributed by atoms with Crippen LogP contribution in [0.1, 0.15) is 18.4 Å². The number of hydrogen-bond acceptors (Lipinski definition) is 20. The predicted octanol–water partition coefficient (Wildman–Crippen LogP) is -2.13. The Balaban J connectivity index is 0.754. The van der Waals surface area contributed by atoms with Crippen LogP contribution in [0.5, 0.6) is 11.5 Å². The summed E-state index contributed by atoms with van der Waals surface area (Å²) < 4.78 is 134. The molecule has 0 radical (unpaired) electrons. The number of imide groups is 1. The van der Waals surface area contributed by atoms with Crippen LogP contribution in [0.15, 0.2) is 30.4 Å². The lowest BCUT2D eigenvalue weighted by Gasteiger charge is -2.42. The standard InChI is InChI=1S/C49H69F6N7O20/c50-48(51,52)44(69)60-9-5-31-38(60)42(67)40(65)34(81-31)26-58-46(71)56-7-11-73-13-15-75-17-19-77-21-23-79-30-2-1-29(28-62-36(63)3-4-37(62)64)25-33(30)80-24-22-78-20-18-76-16-14-74-12-8-57-47(72)59-27-35-41(66)43(68)39-32(82-35)6-10-61(39)45(70)49(53,54)55/h1-4,25,31-32,34-35,38-43,65-68H,5-24,26-28H2,(H2,56,58,71)(H2,57,59,72)/t31-,32?,34-,35-,38+,39?,40+,41+,42-,43-/m1/s1. The number of nitrogens with one attached hydrogen (secondary N) is 4. The van der Waals surface area contributed by atoms with Crippen LogP contribution in [-0.2, 0) is 63.6 Å². The molecule has 0 aromatic heterocycles. The van der Waals surface area contributed by atoms with Gasteiger partial charge in [-0.05, 0) is 30.5 Å². The van der Waals surface area contributed by atoms with E-state index in [1.54, 1.807) is 18.2 Å². The first kappa shape index (κ1) is 65.4. The van der Waals surface area contributed by atoms with E-state index in [2.05, 4.69) is 21.3 Å². The minimum absolute atomic E-state index is 0.00400. The van der Waals surface area contributed by atoms with E-state index in [0.29, 0.717) is 26.9 Å². The number of urea groups is 2. The smallest absolute Gasteiger partial charge is 0.471 e. The summed E-state index contributed by atoms with van der Waals surface area (Å²) in [5.41, 5.74) is 0.602. The van der Waals surface area contributed by atoms with Crippen molar-refractivity contribution in [2.45, 2.75) is 92.7 Å². The Morgan fingerprint density at radius 1 is 0.524 bits per heavy atom. The van der Waals surface area contributed by atoms with Crippen molar-refractivity contribution in [3.63, 3.8) is 0 Å². The molecule has 462 valence electrons. The second-order valence-electron chi connectivity index (χ2n) is 19.0. The van der Waals surface area contributed by atoms with E-state index in [-0.39, 0.29) is 151 Å². The van der Waals surface area contributed by atoms with Crippen LogP contribution in [0, 0.1) is 0 Å². The van der Waals surface area contributed by atoms with Crippen LogP contribution in [0.2, 0.25) is 0 Å². The third-order valence-corrected chi connectivity index (χ3v) is 13.4. The summed E-state index contributed by atoms with van der Waals surface area (Å²) in [5, 5.41) is 51.9. The highest BCUT2D eigenvalue weighted by Gasteiger charge is 2.57. The van der Waals surface area contributed by atoms with Crippen LogP contribution in [0.25, 0.3) is 0 Å². The number of carbonyl (C=O) groups is 6. The first-order chi connectivity index (χ1) is 39.1. The Hall–Kier alpha value is -5.72. The van der Waals surface area contributed by atoms with E-state index in [4.69, 9.17) is 47.4 Å². The molecule has 8 N–H and O–H groups in total. The quantitative estimate of drug-likeness (QED) is 0.0217. The Labute approximate surface area is 465 Å². The van der Waals surface area contributed by atoms with Crippen molar-refractivity contribution in [1.29, 1.82) is 0 Å². The number of aliphatic hydroxyl groups is 4. The zero-order valence-corrected chi connectivity index (χ0v) is 44.4. The van der Waals surface area contributed by atoms with E-state index >= 15 is 0 Å². The number of likely N-dealkylation sites (tertiary alicyclic amines) is 2. The number of hydrogen-bond donors (Lipinski definition) is 8. The third-order valence-electron chi connectivity index (χ3n) is 13.4. The van der Waals surface area contributed by atoms with Gasteiger partial charge in [0.25, 0.3) is 11.8 Å². The molecule has 4 saturated heterocycles. The molecule has 0 saturated carbocycles. The van der Waals surface area contributed by atoms with Crippen molar-refractivity contribution in [2.75, 3.05) is 132 Å². The van der Waals surface area contributed by atoms with Gasteiger partial charge in [0.1, 0.15) is 49.8 Å². The summed E-state index contributed by atoms with van der Waals surface area (Å²) in [6.07, 6.45) is -18.8. The molecular weight excluding hydrogens is 1120 g/mol. The summed E-state index contributed by atoms with van der Waals surface area (Å²) >= 11 is 0. The molecule has 0 spiro atoms. The maximum absolute atomic E-state index is 13.0. The van der Waals surface area contributed by atoms with Gasteiger partial charge in [0.15, 0.2) is 11.5 Å². The van der Waals surface area contributed by atoms with Gasteiger partial charge in [-0.15, -0.1) is 0 Å². The molecule has 1 aromatic rings. The van der Waals surface area contributed by atoms with Crippen LogP contribution in [0.3, 0.4) is 0 Å². The van der Waals surface area contributed by atoms with Gasteiger partial charge in [0.2, 0.25) is 0 Å². The molecule has 0 aliphatic carbocycles. The zero-order chi connectivity index (χ0) is 59.4. The van der Waals surface area contributed by atoms with Gasteiger partial charge in [-0.25, -0.2) is 9.59 Å². The highest BCUT2D eigenvalue weighted by atomic mass is 19.4. The fourth-order valence-electron chi connectivity index (χ4n) is 9.41. The van der Waals surface area contributed by atoms with E-state index < -0.39 is 109 Å². The van der Waals surface area contributed by atoms with Crippen molar-refractivity contribution < 1.29 is 123 Å². The number of alkyl halides is 6. The number of rotatable bonds is 32. The molecule has 5 heterocycles. The lowest BCUT2D eigenvalue weighted by molar-refractivity contribution is -0.207. The zero-order valence-electron chi connectivity index (χ0n) is 44.4. The highest BCUT2D eigenvalue weighted by molar-refractivity contribution is 6.12. The summed E-state index contributed by atoms with van der Waals surface area (Å²) in [5.74, 6) is -4.45. The van der Waals surface area contributed by atoms with E-state index in [0.717, 1.165) is 4.90 Å². The molecule has 82 heavy (non-hydrogen) atoms. The first-order valence-corrected chi connectivity index (χ1v) is 26.4. The number of aliphatic hydroxyl groups excluding tert-OH is 4. The van der Waals surface area contributed by atoms with Gasteiger partial charge in [-0.1, -0.05) is 6.07 Å². The molecular formula is C49H69F6N7O20. The first-order valence-electron chi connectivity index (χ1n) is 26.4. The fraction of sp³-hybridized carbons (Fsp3) is 0.714. The molecule has 2 unspecified atom stereocenters. The molecule has 33 heteroatoms. The monoisotopic (exact) mass is 1190 g/mol. The average Bonchev–Trinajstić information content (AvgIpc) is 4.05. The van der Waals surface area contributed by atoms with Gasteiger partial charge in [0, 0.05) is 51.4 Å². The minimum Gasteiger partial charge on any atom is -0.487 e. The van der Waals surface area contributed by atoms with E-state index in [1.807, 2.05) is 0 Å². The second kappa shape index (κ2) is 31.8. The fourth-order valence-corrected chi connectivity index (χ4v) is 9.41. The number of benzene rings is 1. The second-order valence-corrected chi connectivity index (χ2v) is 19.0. The van der Waals surface area contributed by atoms with Gasteiger partial charge >= 0.3 is 36.2 Å². The number of amides is 8. The summed E-state index contributed by atoms with van der Waals surface area (Å²) in [6.45, 7) is 1.59. The van der Waals surface area contributed by atoms with Gasteiger partial charge < -0.3 is 98.9 Å². The van der Waals surface area contributed by atoms with Crippen LogP contribution in [0.4, 0.5) is 35.9 Å². The Morgan fingerprint density at radius 2 is 0.902 bits per heavy atom. The van der Waals surface area contributed by atoms with Crippen molar-refractivity contribution in [2.24, 2.45) is 0 Å². The Bertz CT molecular complexity index is 2280. The number of halogens is 6. The van der Waals surface area contributed by atoms with Gasteiger partial charge in [-0.2, -0.15) is 26.3 Å². The topological polar surface area (TPSA) is 333 Å².